The van der Waals surface area contributed by atoms with Crippen molar-refractivity contribution >= 4 is 107 Å². The van der Waals surface area contributed by atoms with Gasteiger partial charge in [0.15, 0.2) is 0 Å². The SMILES string of the molecule is O=P(O)(O)Cc1cc(CP(=O)(O)O)cc(-c2c3nc(c(-c4cc(CP(=O)(O)O)cc(CP(=O)(O)O)c4)c4ccc([nH]4)c(-c4cc(CP(=O)(O)O)cc(CP(=O)(O)O)c4)c4nc(c(-c5cc(CP(=O)(O)O)cc(CP(=O)(O)O)c5)c5ccc2[nH]5)C=C4)C=C3)c1. The monoisotopic (exact) mass is 1370 g/mol. The Hall–Kier alpha value is -5.32. The minimum atomic E-state index is -4.91. The van der Waals surface area contributed by atoms with Crippen LogP contribution in [-0.4, -0.2) is 98.2 Å². The number of hydrogen-bond acceptors (Lipinski definition) is 10. The van der Waals surface area contributed by atoms with Crippen molar-refractivity contribution in [3.63, 3.8) is 0 Å². The molecule has 0 spiro atoms. The molecule has 3 aromatic heterocycles. The number of aromatic nitrogens is 4. The van der Waals surface area contributed by atoms with E-state index in [9.17, 15) is 115 Å². The van der Waals surface area contributed by atoms with Crippen LogP contribution >= 0.6 is 60.8 Å². The number of H-pyrrole nitrogens is 2. The van der Waals surface area contributed by atoms with E-state index >= 15 is 0 Å². The zero-order valence-electron chi connectivity index (χ0n) is 45.1. The van der Waals surface area contributed by atoms with Gasteiger partial charge in [0.05, 0.1) is 72.1 Å². The summed E-state index contributed by atoms with van der Waals surface area (Å²) in [5, 5.41) is 0. The molecule has 0 aliphatic carbocycles. The van der Waals surface area contributed by atoms with Gasteiger partial charge in [-0.1, -0.05) is 72.8 Å². The van der Waals surface area contributed by atoms with Crippen molar-refractivity contribution < 1.29 is 115 Å². The van der Waals surface area contributed by atoms with Gasteiger partial charge in [0.2, 0.25) is 0 Å². The van der Waals surface area contributed by atoms with Crippen molar-refractivity contribution in [3.8, 4) is 44.5 Å². The van der Waals surface area contributed by atoms with Crippen molar-refractivity contribution in [2.24, 2.45) is 0 Å². The van der Waals surface area contributed by atoms with E-state index in [0.717, 1.165) is 0 Å². The Morgan fingerprint density at radius 3 is 0.534 bits per heavy atom. The Bertz CT molecular complexity index is 3920. The molecule has 2 aliphatic heterocycles. The fourth-order valence-electron chi connectivity index (χ4n) is 10.7. The number of hydrogen-bond donors (Lipinski definition) is 18. The van der Waals surface area contributed by atoms with Gasteiger partial charge in [-0.2, -0.15) is 0 Å². The van der Waals surface area contributed by atoms with E-state index in [0.29, 0.717) is 0 Å². The molecular formula is C52H54N4O24P8. The third kappa shape index (κ3) is 18.4. The predicted molar refractivity (Wildman–Crippen MR) is 327 cm³/mol. The van der Waals surface area contributed by atoms with Crippen LogP contribution in [0.2, 0.25) is 0 Å². The number of fused-ring (bicyclic) bond motifs is 8. The fraction of sp³-hybridized carbons (Fsp3) is 0.154. The lowest BCUT2D eigenvalue weighted by molar-refractivity contribution is 0.368. The second-order valence-corrected chi connectivity index (χ2v) is 34.4. The van der Waals surface area contributed by atoms with Crippen LogP contribution in [0.3, 0.4) is 0 Å². The normalized spacial score (nSPS) is 13.6. The average molecular weight is 1370 g/mol. The Kier molecular flexibility index (Phi) is 18.8. The molecule has 8 bridgehead atoms. The molecule has 0 radical (unpaired) electrons. The van der Waals surface area contributed by atoms with Gasteiger partial charge in [-0.05, 0) is 115 Å². The number of nitrogens with zero attached hydrogens (tertiary/aromatic N) is 2. The van der Waals surface area contributed by atoms with E-state index in [1.807, 2.05) is 0 Å². The van der Waals surface area contributed by atoms with Crippen molar-refractivity contribution in [1.82, 2.24) is 19.9 Å². The van der Waals surface area contributed by atoms with Crippen molar-refractivity contribution in [3.05, 3.63) is 164 Å². The molecule has 0 saturated heterocycles. The maximum absolute atomic E-state index is 12.6. The molecule has 0 saturated carbocycles. The topological polar surface area (TPSA) is 518 Å². The first-order valence-electron chi connectivity index (χ1n) is 25.5. The summed E-state index contributed by atoms with van der Waals surface area (Å²) in [4.78, 5) is 180. The van der Waals surface area contributed by atoms with Crippen molar-refractivity contribution in [2.45, 2.75) is 49.3 Å². The highest BCUT2D eigenvalue weighted by Gasteiger charge is 2.28. The lowest BCUT2D eigenvalue weighted by Gasteiger charge is -2.14. The van der Waals surface area contributed by atoms with Gasteiger partial charge in [0.1, 0.15) is 0 Å². The number of benzene rings is 4. The zero-order valence-corrected chi connectivity index (χ0v) is 52.3. The maximum Gasteiger partial charge on any atom is 0.329 e. The van der Waals surface area contributed by atoms with Crippen LogP contribution < -0.4 is 0 Å². The molecule has 36 heteroatoms. The van der Waals surface area contributed by atoms with Gasteiger partial charge >= 0.3 is 60.8 Å². The first-order valence-corrected chi connectivity index (χ1v) is 39.9. The quantitative estimate of drug-likeness (QED) is 0.0317. The summed E-state index contributed by atoms with van der Waals surface area (Å²) < 4.78 is 101. The largest absolute Gasteiger partial charge is 0.354 e. The van der Waals surface area contributed by atoms with E-state index < -0.39 is 110 Å². The van der Waals surface area contributed by atoms with Gasteiger partial charge in [0, 0.05) is 44.3 Å². The third-order valence-electron chi connectivity index (χ3n) is 13.2. The molecule has 4 aromatic carbocycles. The molecule has 88 heavy (non-hydrogen) atoms. The molecule has 0 atom stereocenters. The molecule has 7 aromatic rings. The molecule has 9 rings (SSSR count). The van der Waals surface area contributed by atoms with Gasteiger partial charge in [-0.25, -0.2) is 9.97 Å². The highest BCUT2D eigenvalue weighted by Crippen LogP contribution is 2.50. The van der Waals surface area contributed by atoms with E-state index in [4.69, 9.17) is 9.97 Å². The minimum absolute atomic E-state index is 0.00611. The Labute approximate surface area is 497 Å². The van der Waals surface area contributed by atoms with Crippen LogP contribution in [0.4, 0.5) is 0 Å². The summed E-state index contributed by atoms with van der Waals surface area (Å²) >= 11 is 0. The summed E-state index contributed by atoms with van der Waals surface area (Å²) in [6.45, 7) is 0. The molecule has 0 unspecified atom stereocenters. The summed E-state index contributed by atoms with van der Waals surface area (Å²) in [6.07, 6.45) is -1.52. The molecule has 466 valence electrons. The van der Waals surface area contributed by atoms with Crippen LogP contribution in [0.15, 0.2) is 97.1 Å². The Morgan fingerprint density at radius 1 is 0.250 bits per heavy atom. The molecule has 18 N–H and O–H groups in total. The number of aromatic amines is 2. The molecule has 2 aliphatic rings. The highest BCUT2D eigenvalue weighted by molar-refractivity contribution is 7.52. The van der Waals surface area contributed by atoms with Gasteiger partial charge in [-0.15, -0.1) is 0 Å². The lowest BCUT2D eigenvalue weighted by Crippen LogP contribution is -1.97. The molecule has 28 nitrogen and oxygen atoms in total. The van der Waals surface area contributed by atoms with E-state index in [2.05, 4.69) is 9.97 Å². The van der Waals surface area contributed by atoms with Crippen LogP contribution in [0, 0.1) is 0 Å². The highest BCUT2D eigenvalue weighted by atomic mass is 31.2. The van der Waals surface area contributed by atoms with Gasteiger partial charge in [0.25, 0.3) is 0 Å². The molecule has 0 fully saturated rings. The standard InChI is InChI=1S/C52H54N4O24P8/c57-81(58,59)21-29-9-30(22-82(60,61)62)14-37(13-29)49-41-1-2-42(53-41)50(38-15-31(23-83(63,64)65)10-32(16-38)24-84(66,67)68)44-5-6-46(55-44)52(40-19-35(27-87(75,76)77)12-36(20-40)28-88(78,79)80)48-8-7-47(56-48)51(45-4-3-43(49)54-45)39-17-33(25-85(69,70)71)11-34(18-39)26-86(72,73)74/h1-20,53,56H,21-28H2,(H2,57,58,59)(H2,60,61,62)(H2,63,64,65)(H2,66,67,68)(H2,69,70,71)(H2,72,73,74)(H2,75,76,77)(H2,78,79,80). The summed E-state index contributed by atoms with van der Waals surface area (Å²) in [6, 6.07) is 21.4. The molecular weight excluding hydrogens is 1310 g/mol. The van der Waals surface area contributed by atoms with Crippen molar-refractivity contribution in [1.29, 1.82) is 0 Å². The first-order chi connectivity index (χ1) is 40.4. The van der Waals surface area contributed by atoms with Crippen LogP contribution in [0.5, 0.6) is 0 Å². The van der Waals surface area contributed by atoms with Gasteiger partial charge < -0.3 is 88.3 Å². The second kappa shape index (κ2) is 24.7. The van der Waals surface area contributed by atoms with Crippen molar-refractivity contribution in [2.75, 3.05) is 0 Å². The van der Waals surface area contributed by atoms with E-state index in [-0.39, 0.29) is 134 Å². The minimum Gasteiger partial charge on any atom is -0.354 e. The van der Waals surface area contributed by atoms with Crippen LogP contribution in [0.1, 0.15) is 67.3 Å². The fourth-order valence-corrected chi connectivity index (χ4v) is 15.9. The summed E-state index contributed by atoms with van der Waals surface area (Å²) in [7, 11) is -39.3. The smallest absolute Gasteiger partial charge is 0.329 e. The van der Waals surface area contributed by atoms with Crippen LogP contribution in [-0.2, 0) is 85.8 Å². The van der Waals surface area contributed by atoms with Gasteiger partial charge in [-0.3, -0.25) is 36.5 Å². The zero-order chi connectivity index (χ0) is 64.5. The second-order valence-electron chi connectivity index (χ2n) is 21.2. The summed E-state index contributed by atoms with van der Waals surface area (Å²) in [5.74, 6) is 0. The predicted octanol–water partition coefficient (Wildman–Crippen LogP) is 8.75. The average Bonchev–Trinajstić information content (AvgIpc) is 1.71. The lowest BCUT2D eigenvalue weighted by atomic mass is 9.99. The van der Waals surface area contributed by atoms with E-state index in [1.54, 1.807) is 0 Å². The van der Waals surface area contributed by atoms with Crippen LogP contribution in [0.25, 0.3) is 90.9 Å². The summed E-state index contributed by atoms with van der Waals surface area (Å²) in [5.41, 5.74) is 0.129. The molecule has 5 heterocycles. The number of rotatable bonds is 20. The first kappa shape index (κ1) is 67.1. The Balaban J connectivity index is 1.53. The number of nitrogens with one attached hydrogen (secondary N) is 2. The maximum atomic E-state index is 12.6. The molecule has 0 amide bonds. The van der Waals surface area contributed by atoms with E-state index in [1.165, 1.54) is 121 Å². The third-order valence-corrected chi connectivity index (χ3v) is 19.4. The Morgan fingerprint density at radius 2 is 0.398 bits per heavy atom.